The van der Waals surface area contributed by atoms with Gasteiger partial charge in [-0.2, -0.15) is 5.10 Å². The quantitative estimate of drug-likeness (QED) is 0.604. The summed E-state index contributed by atoms with van der Waals surface area (Å²) in [6.45, 7) is 6.24. The predicted molar refractivity (Wildman–Crippen MR) is 71.7 cm³/mol. The van der Waals surface area contributed by atoms with Crippen molar-refractivity contribution in [1.29, 1.82) is 5.41 Å². The van der Waals surface area contributed by atoms with Gasteiger partial charge in [0.15, 0.2) is 0 Å². The molecule has 0 aliphatic carbocycles. The van der Waals surface area contributed by atoms with E-state index in [0.717, 1.165) is 29.9 Å². The van der Waals surface area contributed by atoms with E-state index in [1.807, 2.05) is 21.0 Å². The Labute approximate surface area is 103 Å². The van der Waals surface area contributed by atoms with Gasteiger partial charge in [0, 0.05) is 20.1 Å². The Hall–Kier alpha value is -1.52. The summed E-state index contributed by atoms with van der Waals surface area (Å²) in [4.78, 5) is 2.15. The molecule has 0 spiro atoms. The van der Waals surface area contributed by atoms with E-state index in [1.54, 1.807) is 4.68 Å². The van der Waals surface area contributed by atoms with Gasteiger partial charge in [-0.3, -0.25) is 10.1 Å². The normalized spacial score (nSPS) is 12.5. The summed E-state index contributed by atoms with van der Waals surface area (Å²) in [5, 5.41) is 12.0. The molecule has 0 fully saturated rings. The lowest BCUT2D eigenvalue weighted by molar-refractivity contribution is 0.594. The van der Waals surface area contributed by atoms with Crippen LogP contribution in [0.5, 0.6) is 0 Å². The SMILES string of the molecule is CCCC(C)N(C)c1c(C(=N)N)c(C)nn1C. The van der Waals surface area contributed by atoms with Gasteiger partial charge in [0.2, 0.25) is 0 Å². The number of hydrogen-bond acceptors (Lipinski definition) is 3. The molecule has 0 radical (unpaired) electrons. The molecule has 17 heavy (non-hydrogen) atoms. The average molecular weight is 237 g/mol. The predicted octanol–water partition coefficient (Wildman–Crippen LogP) is 1.64. The van der Waals surface area contributed by atoms with Gasteiger partial charge in [0.1, 0.15) is 11.7 Å². The molecule has 5 nitrogen and oxygen atoms in total. The fraction of sp³-hybridized carbons (Fsp3) is 0.667. The first-order chi connectivity index (χ1) is 7.90. The molecule has 1 unspecified atom stereocenters. The van der Waals surface area contributed by atoms with Crippen LogP contribution in [0, 0.1) is 12.3 Å². The lowest BCUT2D eigenvalue weighted by Crippen LogP contribution is -2.32. The highest BCUT2D eigenvalue weighted by Gasteiger charge is 2.21. The Balaban J connectivity index is 3.16. The Bertz CT molecular complexity index is 407. The minimum atomic E-state index is 0.0844. The third kappa shape index (κ3) is 2.60. The van der Waals surface area contributed by atoms with Crippen molar-refractivity contribution in [2.75, 3.05) is 11.9 Å². The van der Waals surface area contributed by atoms with Crippen LogP contribution < -0.4 is 10.6 Å². The summed E-state index contributed by atoms with van der Waals surface area (Å²) in [7, 11) is 3.92. The summed E-state index contributed by atoms with van der Waals surface area (Å²) in [5.74, 6) is 1.01. The number of aryl methyl sites for hydroxylation is 2. The minimum Gasteiger partial charge on any atom is -0.384 e. The Morgan fingerprint density at radius 3 is 2.65 bits per heavy atom. The van der Waals surface area contributed by atoms with Crippen LogP contribution in [0.2, 0.25) is 0 Å². The van der Waals surface area contributed by atoms with E-state index in [4.69, 9.17) is 11.1 Å². The summed E-state index contributed by atoms with van der Waals surface area (Å²) in [6.07, 6.45) is 2.25. The maximum absolute atomic E-state index is 7.66. The highest BCUT2D eigenvalue weighted by Crippen LogP contribution is 2.24. The van der Waals surface area contributed by atoms with E-state index in [-0.39, 0.29) is 5.84 Å². The van der Waals surface area contributed by atoms with Gasteiger partial charge in [-0.1, -0.05) is 13.3 Å². The van der Waals surface area contributed by atoms with E-state index >= 15 is 0 Å². The summed E-state index contributed by atoms with van der Waals surface area (Å²) >= 11 is 0. The molecule has 0 saturated heterocycles. The average Bonchev–Trinajstić information content (AvgIpc) is 2.52. The lowest BCUT2D eigenvalue weighted by Gasteiger charge is -2.27. The molecular formula is C12H23N5. The lowest BCUT2D eigenvalue weighted by atomic mass is 10.1. The van der Waals surface area contributed by atoms with E-state index in [0.29, 0.717) is 6.04 Å². The van der Waals surface area contributed by atoms with Crippen molar-refractivity contribution >= 4 is 11.7 Å². The van der Waals surface area contributed by atoms with E-state index in [1.165, 1.54) is 0 Å². The molecule has 0 aromatic carbocycles. The fourth-order valence-corrected chi connectivity index (χ4v) is 2.19. The van der Waals surface area contributed by atoms with Crippen molar-refractivity contribution in [3.05, 3.63) is 11.3 Å². The van der Waals surface area contributed by atoms with Crippen molar-refractivity contribution in [3.63, 3.8) is 0 Å². The number of nitrogens with zero attached hydrogens (tertiary/aromatic N) is 3. The molecule has 1 heterocycles. The monoisotopic (exact) mass is 237 g/mol. The number of nitrogens with two attached hydrogens (primary N) is 1. The maximum Gasteiger partial charge on any atom is 0.137 e. The highest BCUT2D eigenvalue weighted by molar-refractivity contribution is 6.00. The molecule has 5 heteroatoms. The molecular weight excluding hydrogens is 214 g/mol. The van der Waals surface area contributed by atoms with Crippen LogP contribution in [-0.2, 0) is 7.05 Å². The van der Waals surface area contributed by atoms with Crippen molar-refractivity contribution in [2.45, 2.75) is 39.7 Å². The topological polar surface area (TPSA) is 70.9 Å². The van der Waals surface area contributed by atoms with Crippen molar-refractivity contribution in [3.8, 4) is 0 Å². The van der Waals surface area contributed by atoms with Gasteiger partial charge >= 0.3 is 0 Å². The summed E-state index contributed by atoms with van der Waals surface area (Å²) in [5.41, 5.74) is 7.20. The number of rotatable bonds is 5. The molecule has 0 bridgehead atoms. The van der Waals surface area contributed by atoms with Crippen LogP contribution in [-0.4, -0.2) is 28.7 Å². The smallest absolute Gasteiger partial charge is 0.137 e. The minimum absolute atomic E-state index is 0.0844. The first kappa shape index (κ1) is 13.5. The summed E-state index contributed by atoms with van der Waals surface area (Å²) in [6, 6.07) is 0.410. The van der Waals surface area contributed by atoms with Crippen molar-refractivity contribution in [1.82, 2.24) is 9.78 Å². The maximum atomic E-state index is 7.66. The van der Waals surface area contributed by atoms with Gasteiger partial charge in [-0.15, -0.1) is 0 Å². The molecule has 1 atom stereocenters. The van der Waals surface area contributed by atoms with Gasteiger partial charge in [0.05, 0.1) is 11.3 Å². The van der Waals surface area contributed by atoms with Crippen LogP contribution in [0.4, 0.5) is 5.82 Å². The Kier molecular flexibility index (Phi) is 4.15. The first-order valence-electron chi connectivity index (χ1n) is 6.00. The third-order valence-electron chi connectivity index (χ3n) is 3.16. The number of amidine groups is 1. The third-order valence-corrected chi connectivity index (χ3v) is 3.16. The number of anilines is 1. The molecule has 3 N–H and O–H groups in total. The van der Waals surface area contributed by atoms with Gasteiger partial charge < -0.3 is 10.6 Å². The first-order valence-corrected chi connectivity index (χ1v) is 6.00. The second-order valence-corrected chi connectivity index (χ2v) is 4.57. The van der Waals surface area contributed by atoms with Crippen LogP contribution in [0.3, 0.4) is 0 Å². The Morgan fingerprint density at radius 1 is 1.59 bits per heavy atom. The van der Waals surface area contributed by atoms with Crippen LogP contribution in [0.1, 0.15) is 37.9 Å². The number of aromatic nitrogens is 2. The molecule has 1 aromatic rings. The van der Waals surface area contributed by atoms with Crippen LogP contribution in [0.15, 0.2) is 0 Å². The van der Waals surface area contributed by atoms with E-state index in [9.17, 15) is 0 Å². The zero-order valence-electron chi connectivity index (χ0n) is 11.4. The molecule has 0 aliphatic rings. The van der Waals surface area contributed by atoms with Gasteiger partial charge in [0.25, 0.3) is 0 Å². The fourth-order valence-electron chi connectivity index (χ4n) is 2.19. The number of nitrogen functional groups attached to an aromatic ring is 1. The van der Waals surface area contributed by atoms with Crippen molar-refractivity contribution in [2.24, 2.45) is 12.8 Å². The second-order valence-electron chi connectivity index (χ2n) is 4.57. The molecule has 96 valence electrons. The van der Waals surface area contributed by atoms with Gasteiger partial charge in [-0.05, 0) is 20.3 Å². The molecule has 1 rings (SSSR count). The molecule has 0 saturated carbocycles. The molecule has 1 aromatic heterocycles. The molecule has 0 aliphatic heterocycles. The van der Waals surface area contributed by atoms with Gasteiger partial charge in [-0.25, -0.2) is 0 Å². The highest BCUT2D eigenvalue weighted by atomic mass is 15.4. The number of hydrogen-bond donors (Lipinski definition) is 2. The zero-order valence-corrected chi connectivity index (χ0v) is 11.4. The van der Waals surface area contributed by atoms with E-state index in [2.05, 4.69) is 23.8 Å². The van der Waals surface area contributed by atoms with Crippen LogP contribution in [0.25, 0.3) is 0 Å². The van der Waals surface area contributed by atoms with Crippen LogP contribution >= 0.6 is 0 Å². The summed E-state index contributed by atoms with van der Waals surface area (Å²) < 4.78 is 1.80. The van der Waals surface area contributed by atoms with Crippen molar-refractivity contribution < 1.29 is 0 Å². The standard InChI is InChI=1S/C12H23N5/c1-6-7-8(2)16(4)12-10(11(13)14)9(3)15-17(12)5/h8H,6-7H2,1-5H3,(H3,13,14). The van der Waals surface area contributed by atoms with E-state index < -0.39 is 0 Å². The second kappa shape index (κ2) is 5.21. The Morgan fingerprint density at radius 2 is 2.18 bits per heavy atom. The number of nitrogens with one attached hydrogen (secondary N) is 1. The molecule has 0 amide bonds. The largest absolute Gasteiger partial charge is 0.384 e. The zero-order chi connectivity index (χ0) is 13.2.